The molecular formula is C62H107LiN10O16. The zero-order chi connectivity index (χ0) is 66.6. The Labute approximate surface area is 541 Å². The maximum Gasteiger partial charge on any atom is 1.00 e. The second-order valence-electron chi connectivity index (χ2n) is 28.8. The molecule has 1 saturated heterocycles. The first-order chi connectivity index (χ1) is 40.4. The maximum atomic E-state index is 14.6. The third-order valence-electron chi connectivity index (χ3n) is 13.1. The SMILES string of the molecule is CC(C)(C)OC(=O)CN1/C=C\N(CC(=O)N2CCN(C(=O)CN3/C=C\N(CC(=O)OC(C)(C)C)CCN(CC(=O)OC(C)(C)C)CCN(CC(=O)OC(C)(C)C)CC3)CC(C(=O)[O-])C2)CCN(CC(=O)OC(C)(C)C)CCN(CC(=O)OC(C)(C)C)CC1.[Li+]. The average Bonchev–Trinajstić information content (AvgIpc) is 3.94. The third-order valence-corrected chi connectivity index (χ3v) is 13.1. The number of aliphatic carboxylic acids is 1. The van der Waals surface area contributed by atoms with Gasteiger partial charge in [0.1, 0.15) is 46.7 Å². The summed E-state index contributed by atoms with van der Waals surface area (Å²) in [4.78, 5) is 139. The summed E-state index contributed by atoms with van der Waals surface area (Å²) in [6.45, 7) is 33.3. The number of rotatable bonds is 17. The summed E-state index contributed by atoms with van der Waals surface area (Å²) in [5, 5.41) is 12.9. The molecule has 0 unspecified atom stereocenters. The van der Waals surface area contributed by atoms with E-state index >= 15 is 0 Å². The number of hydrogen-bond donors (Lipinski definition) is 0. The van der Waals surface area contributed by atoms with Crippen LogP contribution in [-0.2, 0) is 71.6 Å². The van der Waals surface area contributed by atoms with Crippen LogP contribution in [-0.4, -0.2) is 293 Å². The van der Waals surface area contributed by atoms with Gasteiger partial charge in [0.25, 0.3) is 0 Å². The predicted octanol–water partition coefficient (Wildman–Crippen LogP) is -1.54. The molecule has 3 aliphatic heterocycles. The second-order valence-corrected chi connectivity index (χ2v) is 28.8. The van der Waals surface area contributed by atoms with Crippen molar-refractivity contribution in [3.63, 3.8) is 0 Å². The van der Waals surface area contributed by atoms with E-state index < -0.39 is 93.1 Å². The number of carboxylic acid groups (broad SMARTS) is 1. The summed E-state index contributed by atoms with van der Waals surface area (Å²) >= 11 is 0. The first-order valence-electron chi connectivity index (χ1n) is 30.7. The largest absolute Gasteiger partial charge is 1.00 e. The van der Waals surface area contributed by atoms with Crippen molar-refractivity contribution in [1.82, 2.24) is 49.0 Å². The topological polar surface area (TPSA) is 264 Å². The van der Waals surface area contributed by atoms with Crippen LogP contribution < -0.4 is 24.0 Å². The fraction of sp³-hybridized carbons (Fsp3) is 0.790. The molecule has 0 spiro atoms. The molecule has 0 radical (unpaired) electrons. The van der Waals surface area contributed by atoms with Crippen molar-refractivity contribution >= 4 is 53.6 Å². The van der Waals surface area contributed by atoms with Crippen LogP contribution in [0.2, 0.25) is 0 Å². The van der Waals surface area contributed by atoms with Gasteiger partial charge >= 0.3 is 54.7 Å². The van der Waals surface area contributed by atoms with E-state index in [9.17, 15) is 48.3 Å². The number of carbonyl (C=O) groups excluding carboxylic acids is 9. The van der Waals surface area contributed by atoms with Gasteiger partial charge in [0.15, 0.2) is 0 Å². The van der Waals surface area contributed by atoms with Crippen molar-refractivity contribution in [3.05, 3.63) is 24.8 Å². The fourth-order valence-electron chi connectivity index (χ4n) is 9.40. The van der Waals surface area contributed by atoms with Crippen molar-refractivity contribution in [1.29, 1.82) is 0 Å². The van der Waals surface area contributed by atoms with Crippen molar-refractivity contribution in [2.75, 3.05) is 157 Å². The van der Waals surface area contributed by atoms with Gasteiger partial charge < -0.3 is 67.7 Å². The number of nitrogens with zero attached hydrogens (tertiary/aromatic N) is 10. The minimum absolute atomic E-state index is 0. The zero-order valence-electron chi connectivity index (χ0n) is 57.4. The van der Waals surface area contributed by atoms with E-state index in [0.717, 1.165) is 0 Å². The molecule has 0 N–H and O–H groups in total. The first kappa shape index (κ1) is 79.4. The van der Waals surface area contributed by atoms with Gasteiger partial charge in [-0.05, 0) is 125 Å². The molecular weight excluding hydrogens is 1150 g/mol. The van der Waals surface area contributed by atoms with Gasteiger partial charge in [0.05, 0.1) is 39.3 Å². The molecule has 0 aromatic carbocycles. The van der Waals surface area contributed by atoms with Gasteiger partial charge in [-0.1, -0.05) is 0 Å². The standard InChI is InChI=1S/C62H108N10O16.Li/c1-57(2,3)83-50(75)41-65-23-19-63(20-24-66(42-51(76)84-58(4,5)6)28-32-69(31-27-65)45-54(79)87-61(13,14)15)39-48(73)71-35-36-72(38-47(37-71)56(81)82)49(74)40-64-21-25-67(43-52(77)85-59(7,8)9)29-33-70(46-55(80)88-62(16,17)18)34-30-68(26-22-64)44-53(78)86-60(10,11)12;/h19,21,23,25,47H,20,22,24,26-46H2,1-18H3,(H,81,82);/q;+1/p-1/b23-19-,25-21-;. The molecule has 89 heavy (non-hydrogen) atoms. The molecule has 3 aliphatic rings. The second kappa shape index (κ2) is 35.2. The number of esters is 6. The monoisotopic (exact) mass is 1250 g/mol. The van der Waals surface area contributed by atoms with Crippen molar-refractivity contribution < 1.29 is 95.5 Å². The molecule has 3 rings (SSSR count). The van der Waals surface area contributed by atoms with E-state index in [-0.39, 0.29) is 137 Å². The van der Waals surface area contributed by atoms with E-state index in [0.29, 0.717) is 39.3 Å². The van der Waals surface area contributed by atoms with Gasteiger partial charge in [-0.3, -0.25) is 58.0 Å². The number of amides is 2. The van der Waals surface area contributed by atoms with E-state index in [2.05, 4.69) is 0 Å². The fourth-order valence-corrected chi connectivity index (χ4v) is 9.40. The van der Waals surface area contributed by atoms with E-state index in [1.54, 1.807) is 169 Å². The summed E-state index contributed by atoms with van der Waals surface area (Å²) < 4.78 is 34.1. The molecule has 3 heterocycles. The van der Waals surface area contributed by atoms with Crippen LogP contribution in [0.3, 0.4) is 0 Å². The quantitative estimate of drug-likeness (QED) is 0.0908. The van der Waals surface area contributed by atoms with Gasteiger partial charge in [-0.15, -0.1) is 0 Å². The van der Waals surface area contributed by atoms with Crippen LogP contribution in [0.15, 0.2) is 24.8 Å². The minimum atomic E-state index is -1.46. The molecule has 27 heteroatoms. The van der Waals surface area contributed by atoms with E-state index in [4.69, 9.17) is 28.4 Å². The number of carbonyl (C=O) groups is 9. The van der Waals surface area contributed by atoms with Crippen molar-refractivity contribution in [3.8, 4) is 0 Å². The zero-order valence-corrected chi connectivity index (χ0v) is 57.4. The first-order valence-corrected chi connectivity index (χ1v) is 30.7. The van der Waals surface area contributed by atoms with Crippen LogP contribution in [0, 0.1) is 5.92 Å². The Bertz CT molecular complexity index is 2250. The number of hydrogen-bond acceptors (Lipinski definition) is 24. The predicted molar refractivity (Wildman–Crippen MR) is 327 cm³/mol. The van der Waals surface area contributed by atoms with E-state index in [1.165, 1.54) is 9.80 Å². The van der Waals surface area contributed by atoms with Crippen LogP contribution in [0.25, 0.3) is 0 Å². The Morgan fingerprint density at radius 3 is 0.708 bits per heavy atom. The molecule has 0 bridgehead atoms. The molecule has 0 aromatic rings. The van der Waals surface area contributed by atoms with Crippen LogP contribution in [0.4, 0.5) is 0 Å². The summed E-state index contributed by atoms with van der Waals surface area (Å²) in [6.07, 6.45) is 6.64. The Hall–Kier alpha value is -5.65. The van der Waals surface area contributed by atoms with Crippen molar-refractivity contribution in [2.24, 2.45) is 5.92 Å². The number of ether oxygens (including phenoxy) is 6. The molecule has 2 amide bonds. The summed E-state index contributed by atoms with van der Waals surface area (Å²) in [6, 6.07) is 0. The molecule has 0 aliphatic carbocycles. The minimum Gasteiger partial charge on any atom is -0.550 e. The van der Waals surface area contributed by atoms with Crippen molar-refractivity contribution in [2.45, 2.75) is 158 Å². The molecule has 0 atom stereocenters. The van der Waals surface area contributed by atoms with E-state index in [1.807, 2.05) is 19.6 Å². The molecule has 0 saturated carbocycles. The van der Waals surface area contributed by atoms with Crippen LogP contribution in [0.5, 0.6) is 0 Å². The summed E-state index contributed by atoms with van der Waals surface area (Å²) in [7, 11) is 0. The molecule has 0 aromatic heterocycles. The normalized spacial score (nSPS) is 18.7. The molecule has 502 valence electrons. The molecule has 1 fully saturated rings. The average molecular weight is 1260 g/mol. The van der Waals surface area contributed by atoms with Gasteiger partial charge in [0, 0.05) is 141 Å². The maximum absolute atomic E-state index is 14.6. The van der Waals surface area contributed by atoms with Gasteiger partial charge in [0.2, 0.25) is 11.8 Å². The molecule has 26 nitrogen and oxygen atoms in total. The summed E-state index contributed by atoms with van der Waals surface area (Å²) in [5.74, 6) is -6.48. The summed E-state index contributed by atoms with van der Waals surface area (Å²) in [5.41, 5.74) is -4.55. The number of carboxylic acids is 1. The Morgan fingerprint density at radius 1 is 0.315 bits per heavy atom. The Morgan fingerprint density at radius 2 is 0.506 bits per heavy atom. The van der Waals surface area contributed by atoms with Gasteiger partial charge in [-0.2, -0.15) is 0 Å². The Balaban J connectivity index is 0.0000270. The van der Waals surface area contributed by atoms with Crippen LogP contribution in [0.1, 0.15) is 125 Å². The Kier molecular flexibility index (Phi) is 31.5. The van der Waals surface area contributed by atoms with Crippen LogP contribution >= 0.6 is 0 Å². The third kappa shape index (κ3) is 36.1. The smallest absolute Gasteiger partial charge is 0.550 e. The van der Waals surface area contributed by atoms with Gasteiger partial charge in [-0.25, -0.2) is 0 Å².